The first kappa shape index (κ1) is 14.6. The number of hydrogen-bond donors (Lipinski definition) is 1. The second kappa shape index (κ2) is 6.48. The van der Waals surface area contributed by atoms with Crippen molar-refractivity contribution in [2.24, 2.45) is 0 Å². The second-order valence-electron chi connectivity index (χ2n) is 3.90. The van der Waals surface area contributed by atoms with Crippen molar-refractivity contribution in [3.63, 3.8) is 0 Å². The lowest BCUT2D eigenvalue weighted by Crippen LogP contribution is -2.47. The summed E-state index contributed by atoms with van der Waals surface area (Å²) in [5.41, 5.74) is -0.0830. The van der Waals surface area contributed by atoms with Crippen LogP contribution in [0.15, 0.2) is 29.2 Å². The molecule has 1 atom stereocenters. The molecule has 96 valence electrons. The van der Waals surface area contributed by atoms with E-state index in [0.717, 1.165) is 10.5 Å². The highest BCUT2D eigenvalue weighted by Gasteiger charge is 2.35. The zero-order valence-electron chi connectivity index (χ0n) is 10.8. The zero-order chi connectivity index (χ0) is 13.6. The van der Waals surface area contributed by atoms with Crippen LogP contribution in [-0.2, 0) is 15.1 Å². The second-order valence-corrected chi connectivity index (χ2v) is 4.78. The Morgan fingerprint density at radius 3 is 2.56 bits per heavy atom. The summed E-state index contributed by atoms with van der Waals surface area (Å²) < 4.78 is 4.85. The van der Waals surface area contributed by atoms with Crippen LogP contribution in [0, 0.1) is 12.3 Å². The number of carbonyl (C=O) groups excluding carboxylic acids is 1. The SMILES string of the molecule is C#CCNC(C)(C(=O)OC)c1ccc(SC)cc1. The quantitative estimate of drug-likeness (QED) is 0.501. The van der Waals surface area contributed by atoms with Crippen LogP contribution in [0.5, 0.6) is 0 Å². The third-order valence-corrected chi connectivity index (χ3v) is 3.55. The van der Waals surface area contributed by atoms with Crippen LogP contribution >= 0.6 is 11.8 Å². The first-order valence-electron chi connectivity index (χ1n) is 5.50. The van der Waals surface area contributed by atoms with Crippen LogP contribution in [0.25, 0.3) is 0 Å². The fraction of sp³-hybridized carbons (Fsp3) is 0.357. The van der Waals surface area contributed by atoms with Crippen LogP contribution in [0.3, 0.4) is 0 Å². The number of terminal acetylenes is 1. The van der Waals surface area contributed by atoms with Gasteiger partial charge in [-0.15, -0.1) is 18.2 Å². The molecule has 0 aromatic heterocycles. The third kappa shape index (κ3) is 3.06. The minimum absolute atomic E-state index is 0.301. The van der Waals surface area contributed by atoms with Gasteiger partial charge in [-0.1, -0.05) is 18.1 Å². The van der Waals surface area contributed by atoms with Crippen molar-refractivity contribution >= 4 is 17.7 Å². The maximum atomic E-state index is 11.9. The van der Waals surface area contributed by atoms with Crippen molar-refractivity contribution in [3.05, 3.63) is 29.8 Å². The lowest BCUT2D eigenvalue weighted by Gasteiger charge is -2.27. The van der Waals surface area contributed by atoms with E-state index < -0.39 is 5.54 Å². The van der Waals surface area contributed by atoms with Crippen LogP contribution in [-0.4, -0.2) is 25.9 Å². The third-order valence-electron chi connectivity index (χ3n) is 2.81. The molecule has 0 heterocycles. The van der Waals surface area contributed by atoms with E-state index in [9.17, 15) is 4.79 Å². The van der Waals surface area contributed by atoms with Crippen LogP contribution in [0.1, 0.15) is 12.5 Å². The van der Waals surface area contributed by atoms with Gasteiger partial charge >= 0.3 is 5.97 Å². The molecule has 1 rings (SSSR count). The molecule has 0 aliphatic carbocycles. The molecule has 0 radical (unpaired) electrons. The van der Waals surface area contributed by atoms with Gasteiger partial charge in [-0.05, 0) is 30.9 Å². The molecule has 0 saturated heterocycles. The van der Waals surface area contributed by atoms with Gasteiger partial charge in [0.1, 0.15) is 5.54 Å². The molecule has 1 aromatic rings. The van der Waals surface area contributed by atoms with Gasteiger partial charge in [-0.2, -0.15) is 0 Å². The minimum Gasteiger partial charge on any atom is -0.467 e. The topological polar surface area (TPSA) is 38.3 Å². The average molecular weight is 263 g/mol. The smallest absolute Gasteiger partial charge is 0.330 e. The molecule has 1 aromatic carbocycles. The molecule has 1 unspecified atom stereocenters. The number of methoxy groups -OCH3 is 1. The lowest BCUT2D eigenvalue weighted by atomic mass is 9.92. The van der Waals surface area contributed by atoms with Gasteiger partial charge in [0.25, 0.3) is 0 Å². The van der Waals surface area contributed by atoms with Crippen LogP contribution in [0.4, 0.5) is 0 Å². The molecule has 3 nitrogen and oxygen atoms in total. The zero-order valence-corrected chi connectivity index (χ0v) is 11.6. The average Bonchev–Trinajstić information content (AvgIpc) is 2.43. The van der Waals surface area contributed by atoms with Gasteiger partial charge in [0.15, 0.2) is 0 Å². The number of esters is 1. The fourth-order valence-electron chi connectivity index (χ4n) is 1.65. The molecular formula is C14H17NO2S. The summed E-state index contributed by atoms with van der Waals surface area (Å²) in [7, 11) is 1.37. The standard InChI is InChI=1S/C14H17NO2S/c1-5-10-15-14(2,13(16)17-3)11-6-8-12(18-4)9-7-11/h1,6-9,15H,10H2,2-4H3. The molecule has 0 bridgehead atoms. The molecule has 18 heavy (non-hydrogen) atoms. The normalized spacial score (nSPS) is 13.4. The van der Waals surface area contributed by atoms with Crippen molar-refractivity contribution < 1.29 is 9.53 Å². The molecule has 0 saturated carbocycles. The van der Waals surface area contributed by atoms with Crippen molar-refractivity contribution in [2.75, 3.05) is 19.9 Å². The predicted octanol–water partition coefficient (Wildman–Crippen LogP) is 2.02. The van der Waals surface area contributed by atoms with Gasteiger partial charge < -0.3 is 4.74 Å². The maximum absolute atomic E-state index is 11.9. The van der Waals surface area contributed by atoms with E-state index in [-0.39, 0.29) is 5.97 Å². The number of ether oxygens (including phenoxy) is 1. The molecule has 4 heteroatoms. The molecule has 1 N–H and O–H groups in total. The van der Waals surface area contributed by atoms with Gasteiger partial charge in [-0.3, -0.25) is 5.32 Å². The van der Waals surface area contributed by atoms with Crippen LogP contribution < -0.4 is 5.32 Å². The van der Waals surface area contributed by atoms with Crippen molar-refractivity contribution in [1.29, 1.82) is 0 Å². The molecule has 0 spiro atoms. The Morgan fingerprint density at radius 2 is 2.11 bits per heavy atom. The summed E-state index contributed by atoms with van der Waals surface area (Å²) in [6.45, 7) is 2.07. The van der Waals surface area contributed by atoms with Gasteiger partial charge in [0, 0.05) is 4.90 Å². The number of nitrogens with one attached hydrogen (secondary N) is 1. The molecule has 0 aliphatic heterocycles. The predicted molar refractivity (Wildman–Crippen MR) is 74.4 cm³/mol. The maximum Gasteiger partial charge on any atom is 0.330 e. The van der Waals surface area contributed by atoms with E-state index in [1.165, 1.54) is 7.11 Å². The minimum atomic E-state index is -0.919. The summed E-state index contributed by atoms with van der Waals surface area (Å²) in [5, 5.41) is 3.03. The number of carbonyl (C=O) groups is 1. The van der Waals surface area contributed by atoms with Crippen LogP contribution in [0.2, 0.25) is 0 Å². The summed E-state index contributed by atoms with van der Waals surface area (Å²) in [6.07, 6.45) is 7.24. The van der Waals surface area contributed by atoms with E-state index >= 15 is 0 Å². The Kier molecular flexibility index (Phi) is 5.26. The Balaban J connectivity index is 3.08. The highest BCUT2D eigenvalue weighted by Crippen LogP contribution is 2.25. The summed E-state index contributed by atoms with van der Waals surface area (Å²) >= 11 is 1.65. The highest BCUT2D eigenvalue weighted by atomic mass is 32.2. The number of benzene rings is 1. The van der Waals surface area contributed by atoms with Gasteiger partial charge in [0.05, 0.1) is 13.7 Å². The monoisotopic (exact) mass is 263 g/mol. The largest absolute Gasteiger partial charge is 0.467 e. The van der Waals surface area contributed by atoms with Crippen molar-refractivity contribution in [3.8, 4) is 12.3 Å². The number of hydrogen-bond acceptors (Lipinski definition) is 4. The molecule has 0 amide bonds. The lowest BCUT2D eigenvalue weighted by molar-refractivity contribution is -0.148. The highest BCUT2D eigenvalue weighted by molar-refractivity contribution is 7.98. The summed E-state index contributed by atoms with van der Waals surface area (Å²) in [5.74, 6) is 2.12. The number of thioether (sulfide) groups is 1. The first-order valence-corrected chi connectivity index (χ1v) is 6.72. The summed E-state index contributed by atoms with van der Waals surface area (Å²) in [4.78, 5) is 13.1. The van der Waals surface area contributed by atoms with E-state index in [1.807, 2.05) is 30.5 Å². The van der Waals surface area contributed by atoms with Crippen molar-refractivity contribution in [1.82, 2.24) is 5.32 Å². The Labute approximate surface area is 112 Å². The number of rotatable bonds is 5. The Morgan fingerprint density at radius 1 is 1.50 bits per heavy atom. The van der Waals surface area contributed by atoms with E-state index in [1.54, 1.807) is 18.7 Å². The van der Waals surface area contributed by atoms with Gasteiger partial charge in [-0.25, -0.2) is 4.79 Å². The Bertz CT molecular complexity index is 450. The molecular weight excluding hydrogens is 246 g/mol. The fourth-order valence-corrected chi connectivity index (χ4v) is 2.06. The van der Waals surface area contributed by atoms with E-state index in [4.69, 9.17) is 11.2 Å². The van der Waals surface area contributed by atoms with E-state index in [2.05, 4.69) is 11.2 Å². The van der Waals surface area contributed by atoms with Gasteiger partial charge in [0.2, 0.25) is 0 Å². The molecule has 0 fully saturated rings. The van der Waals surface area contributed by atoms with E-state index in [0.29, 0.717) is 6.54 Å². The van der Waals surface area contributed by atoms with Crippen molar-refractivity contribution in [2.45, 2.75) is 17.4 Å². The summed E-state index contributed by atoms with van der Waals surface area (Å²) in [6, 6.07) is 7.76. The molecule has 0 aliphatic rings. The first-order chi connectivity index (χ1) is 8.58. The Hall–Kier alpha value is -1.44.